The van der Waals surface area contributed by atoms with Crippen molar-refractivity contribution in [1.82, 2.24) is 0 Å². The molecule has 1 rings (SSSR count). The lowest BCUT2D eigenvalue weighted by Crippen LogP contribution is -2.25. The van der Waals surface area contributed by atoms with Gasteiger partial charge in [0.25, 0.3) is 0 Å². The quantitative estimate of drug-likeness (QED) is 0.747. The van der Waals surface area contributed by atoms with Crippen molar-refractivity contribution in [2.75, 3.05) is 6.61 Å². The Labute approximate surface area is 85.2 Å². The van der Waals surface area contributed by atoms with Crippen LogP contribution in [0, 0.1) is 5.92 Å². The van der Waals surface area contributed by atoms with Gasteiger partial charge in [0.05, 0.1) is 6.10 Å². The van der Waals surface area contributed by atoms with E-state index in [9.17, 15) is 5.11 Å². The lowest BCUT2D eigenvalue weighted by Gasteiger charge is -2.19. The zero-order valence-corrected chi connectivity index (χ0v) is 8.56. The van der Waals surface area contributed by atoms with Crippen LogP contribution in [0.3, 0.4) is 0 Å². The van der Waals surface area contributed by atoms with Crippen molar-refractivity contribution >= 4 is 0 Å². The van der Waals surface area contributed by atoms with Gasteiger partial charge in [-0.1, -0.05) is 37.3 Å². The van der Waals surface area contributed by atoms with Crippen LogP contribution in [-0.4, -0.2) is 22.9 Å². The van der Waals surface area contributed by atoms with E-state index in [4.69, 9.17) is 5.11 Å². The molecule has 1 aromatic carbocycles. The molecule has 0 unspecified atom stereocenters. The summed E-state index contributed by atoms with van der Waals surface area (Å²) in [6.07, 6.45) is 1.03. The monoisotopic (exact) mass is 194 g/mol. The van der Waals surface area contributed by atoms with Crippen LogP contribution in [0.1, 0.15) is 18.9 Å². The zero-order valence-electron chi connectivity index (χ0n) is 8.56. The fourth-order valence-corrected chi connectivity index (χ4v) is 1.57. The van der Waals surface area contributed by atoms with Crippen LogP contribution in [0.2, 0.25) is 0 Å². The van der Waals surface area contributed by atoms with Crippen molar-refractivity contribution in [3.8, 4) is 0 Å². The topological polar surface area (TPSA) is 40.5 Å². The molecule has 1 aromatic rings. The molecule has 0 spiro atoms. The highest BCUT2D eigenvalue weighted by atomic mass is 16.3. The minimum atomic E-state index is -0.403. The molecular formula is C12H18O2. The van der Waals surface area contributed by atoms with Gasteiger partial charge in [0, 0.05) is 12.5 Å². The molecule has 2 heteroatoms. The molecule has 78 valence electrons. The van der Waals surface area contributed by atoms with Gasteiger partial charge in [0.1, 0.15) is 0 Å². The maximum Gasteiger partial charge on any atom is 0.0590 e. The first-order chi connectivity index (χ1) is 6.77. The molecule has 14 heavy (non-hydrogen) atoms. The molecule has 2 atom stereocenters. The summed E-state index contributed by atoms with van der Waals surface area (Å²) in [5.41, 5.74) is 1.17. The van der Waals surface area contributed by atoms with Crippen LogP contribution >= 0.6 is 0 Å². The van der Waals surface area contributed by atoms with Crippen molar-refractivity contribution < 1.29 is 10.2 Å². The zero-order chi connectivity index (χ0) is 10.4. The molecule has 0 radical (unpaired) electrons. The van der Waals surface area contributed by atoms with Crippen molar-refractivity contribution in [3.05, 3.63) is 35.9 Å². The highest BCUT2D eigenvalue weighted by molar-refractivity contribution is 5.15. The summed E-state index contributed by atoms with van der Waals surface area (Å²) in [4.78, 5) is 0. The molecule has 2 nitrogen and oxygen atoms in total. The van der Waals surface area contributed by atoms with Crippen molar-refractivity contribution in [3.63, 3.8) is 0 Å². The predicted octanol–water partition coefficient (Wildman–Crippen LogP) is 1.61. The van der Waals surface area contributed by atoms with Gasteiger partial charge in [-0.2, -0.15) is 0 Å². The van der Waals surface area contributed by atoms with Crippen LogP contribution in [-0.2, 0) is 6.42 Å². The first kappa shape index (κ1) is 11.2. The summed E-state index contributed by atoms with van der Waals surface area (Å²) in [6.45, 7) is 1.97. The van der Waals surface area contributed by atoms with Crippen molar-refractivity contribution in [1.29, 1.82) is 0 Å². The Kier molecular flexibility index (Phi) is 4.63. The average molecular weight is 194 g/mol. The number of hydrogen-bond acceptors (Lipinski definition) is 2. The van der Waals surface area contributed by atoms with E-state index in [1.165, 1.54) is 5.56 Å². The molecule has 0 aliphatic heterocycles. The Bertz CT molecular complexity index is 246. The Morgan fingerprint density at radius 1 is 1.21 bits per heavy atom. The van der Waals surface area contributed by atoms with Gasteiger partial charge in [0.15, 0.2) is 0 Å². The second-order valence-corrected chi connectivity index (χ2v) is 3.61. The summed E-state index contributed by atoms with van der Waals surface area (Å²) in [6, 6.07) is 9.95. The van der Waals surface area contributed by atoms with Gasteiger partial charge >= 0.3 is 0 Å². The minimum Gasteiger partial charge on any atom is -0.396 e. The summed E-state index contributed by atoms with van der Waals surface area (Å²) >= 11 is 0. The van der Waals surface area contributed by atoms with E-state index in [2.05, 4.69) is 0 Å². The molecule has 0 aliphatic rings. The average Bonchev–Trinajstić information content (AvgIpc) is 2.26. The molecule has 0 aliphatic carbocycles. The molecule has 0 fully saturated rings. The first-order valence-electron chi connectivity index (χ1n) is 5.10. The van der Waals surface area contributed by atoms with Crippen LogP contribution in [0.4, 0.5) is 0 Å². The third-order valence-corrected chi connectivity index (χ3v) is 2.54. The van der Waals surface area contributed by atoms with E-state index in [1.807, 2.05) is 37.3 Å². The van der Waals surface area contributed by atoms with Crippen LogP contribution < -0.4 is 0 Å². The summed E-state index contributed by atoms with van der Waals surface area (Å²) in [5, 5.41) is 18.7. The third-order valence-electron chi connectivity index (χ3n) is 2.54. The van der Waals surface area contributed by atoms with Gasteiger partial charge in [-0.05, 0) is 18.4 Å². The van der Waals surface area contributed by atoms with Gasteiger partial charge in [-0.25, -0.2) is 0 Å². The van der Waals surface area contributed by atoms with E-state index in [0.29, 0.717) is 6.42 Å². The molecule has 0 bridgehead atoms. The van der Waals surface area contributed by atoms with Gasteiger partial charge in [0.2, 0.25) is 0 Å². The minimum absolute atomic E-state index is 0.0394. The Morgan fingerprint density at radius 3 is 2.36 bits per heavy atom. The molecule has 0 heterocycles. The van der Waals surface area contributed by atoms with Crippen molar-refractivity contribution in [2.24, 2.45) is 5.92 Å². The van der Waals surface area contributed by atoms with E-state index in [1.54, 1.807) is 0 Å². The molecule has 0 amide bonds. The van der Waals surface area contributed by atoms with Gasteiger partial charge in [-0.15, -0.1) is 0 Å². The predicted molar refractivity (Wildman–Crippen MR) is 57.0 cm³/mol. The number of aliphatic hydroxyl groups excluding tert-OH is 2. The number of rotatable bonds is 5. The van der Waals surface area contributed by atoms with Crippen LogP contribution in [0.15, 0.2) is 30.3 Å². The lowest BCUT2D eigenvalue weighted by molar-refractivity contribution is 0.0646. The summed E-state index contributed by atoms with van der Waals surface area (Å²) in [5.74, 6) is -0.0394. The van der Waals surface area contributed by atoms with Gasteiger partial charge < -0.3 is 10.2 Å². The number of benzene rings is 1. The fourth-order valence-electron chi connectivity index (χ4n) is 1.57. The summed E-state index contributed by atoms with van der Waals surface area (Å²) in [7, 11) is 0. The molecule has 2 N–H and O–H groups in total. The Morgan fingerprint density at radius 2 is 1.86 bits per heavy atom. The smallest absolute Gasteiger partial charge is 0.0590 e. The molecular weight excluding hydrogens is 176 g/mol. The van der Waals surface area contributed by atoms with Crippen LogP contribution in [0.5, 0.6) is 0 Å². The molecule has 0 aromatic heterocycles. The van der Waals surface area contributed by atoms with E-state index in [-0.39, 0.29) is 12.5 Å². The lowest BCUT2D eigenvalue weighted by atomic mass is 9.93. The maximum absolute atomic E-state index is 9.62. The second kappa shape index (κ2) is 5.78. The molecule has 0 saturated heterocycles. The first-order valence-corrected chi connectivity index (χ1v) is 5.10. The van der Waals surface area contributed by atoms with E-state index >= 15 is 0 Å². The second-order valence-electron chi connectivity index (χ2n) is 3.61. The maximum atomic E-state index is 9.62. The third kappa shape index (κ3) is 3.13. The number of aliphatic hydroxyl groups is 2. The largest absolute Gasteiger partial charge is 0.396 e. The fraction of sp³-hybridized carbons (Fsp3) is 0.500. The standard InChI is InChI=1S/C12H18O2/c1-2-12(14)11(9-13)8-10-6-4-3-5-7-10/h3-7,11-14H,2,8-9H2,1H3/t11-,12-/m0/s1. The normalized spacial score (nSPS) is 15.1. The SMILES string of the molecule is CC[C@H](O)[C@H](CO)Cc1ccccc1. The van der Waals surface area contributed by atoms with E-state index < -0.39 is 6.10 Å². The molecule has 0 saturated carbocycles. The Balaban J connectivity index is 2.57. The van der Waals surface area contributed by atoms with Crippen LogP contribution in [0.25, 0.3) is 0 Å². The Hall–Kier alpha value is -0.860. The summed E-state index contributed by atoms with van der Waals surface area (Å²) < 4.78 is 0. The van der Waals surface area contributed by atoms with Crippen molar-refractivity contribution in [2.45, 2.75) is 25.9 Å². The van der Waals surface area contributed by atoms with E-state index in [0.717, 1.165) is 6.42 Å². The highest BCUT2D eigenvalue weighted by Gasteiger charge is 2.16. The number of hydrogen-bond donors (Lipinski definition) is 2. The highest BCUT2D eigenvalue weighted by Crippen LogP contribution is 2.14. The van der Waals surface area contributed by atoms with Gasteiger partial charge in [-0.3, -0.25) is 0 Å².